The van der Waals surface area contributed by atoms with Gasteiger partial charge < -0.3 is 21.5 Å². The largest absolute Gasteiger partial charge is 0.396 e. The first-order chi connectivity index (χ1) is 13.5. The van der Waals surface area contributed by atoms with E-state index < -0.39 is 0 Å². The Hall–Kier alpha value is -2.42. The number of anilines is 4. The number of fused-ring (bicyclic) bond motifs is 1. The van der Waals surface area contributed by atoms with Crippen LogP contribution in [0, 0.1) is 0 Å². The molecular formula is C18H19Cl2N7O. The zero-order valence-electron chi connectivity index (χ0n) is 14.9. The smallest absolute Gasteiger partial charge is 0.223 e. The van der Waals surface area contributed by atoms with Crippen LogP contribution in [-0.2, 0) is 0 Å². The van der Waals surface area contributed by atoms with Crippen molar-refractivity contribution in [1.82, 2.24) is 19.9 Å². The molecule has 0 amide bonds. The lowest BCUT2D eigenvalue weighted by Crippen LogP contribution is -2.28. The molecule has 0 saturated heterocycles. The number of benzene rings is 1. The molecule has 5 N–H and O–H groups in total. The number of aliphatic hydroxyl groups excluding tert-OH is 1. The van der Waals surface area contributed by atoms with Gasteiger partial charge in [0.2, 0.25) is 5.95 Å². The molecule has 3 aromatic rings. The van der Waals surface area contributed by atoms with Gasteiger partial charge in [-0.15, -0.1) is 0 Å². The van der Waals surface area contributed by atoms with Gasteiger partial charge in [-0.05, 0) is 37.8 Å². The number of aliphatic hydroxyl groups is 1. The highest BCUT2D eigenvalue weighted by molar-refractivity contribution is 6.39. The number of hydrogen-bond acceptors (Lipinski definition) is 8. The maximum Gasteiger partial charge on any atom is 0.223 e. The van der Waals surface area contributed by atoms with Crippen LogP contribution in [0.4, 0.5) is 23.1 Å². The average molecular weight is 420 g/mol. The van der Waals surface area contributed by atoms with E-state index in [0.717, 1.165) is 25.7 Å². The number of halogens is 2. The third-order valence-corrected chi connectivity index (χ3v) is 5.37. The van der Waals surface area contributed by atoms with Crippen molar-refractivity contribution in [2.24, 2.45) is 0 Å². The fraction of sp³-hybridized carbons (Fsp3) is 0.333. The molecule has 10 heteroatoms. The first kappa shape index (κ1) is 18.9. The van der Waals surface area contributed by atoms with Crippen LogP contribution in [-0.4, -0.2) is 37.2 Å². The summed E-state index contributed by atoms with van der Waals surface area (Å²) in [5.41, 5.74) is 7.93. The van der Waals surface area contributed by atoms with Crippen molar-refractivity contribution in [2.45, 2.75) is 37.8 Å². The third-order valence-electron chi connectivity index (χ3n) is 4.75. The van der Waals surface area contributed by atoms with Gasteiger partial charge in [-0.1, -0.05) is 23.2 Å². The summed E-state index contributed by atoms with van der Waals surface area (Å²) in [4.78, 5) is 17.4. The Morgan fingerprint density at radius 2 is 1.75 bits per heavy atom. The number of nitrogens with zero attached hydrogens (tertiary/aromatic N) is 4. The molecular weight excluding hydrogens is 401 g/mol. The first-order valence-corrected chi connectivity index (χ1v) is 9.69. The number of nitrogens with two attached hydrogens (primary N) is 1. The van der Waals surface area contributed by atoms with Crippen molar-refractivity contribution in [3.63, 3.8) is 0 Å². The lowest BCUT2D eigenvalue weighted by atomic mass is 9.93. The summed E-state index contributed by atoms with van der Waals surface area (Å²) < 4.78 is 0. The predicted octanol–water partition coefficient (Wildman–Crippen LogP) is 3.77. The summed E-state index contributed by atoms with van der Waals surface area (Å²) in [5.74, 6) is 1.01. The van der Waals surface area contributed by atoms with Gasteiger partial charge in [0.1, 0.15) is 17.4 Å². The highest BCUT2D eigenvalue weighted by Gasteiger charge is 2.20. The van der Waals surface area contributed by atoms with E-state index in [1.165, 1.54) is 6.33 Å². The Morgan fingerprint density at radius 3 is 2.46 bits per heavy atom. The molecule has 28 heavy (non-hydrogen) atoms. The predicted molar refractivity (Wildman–Crippen MR) is 111 cm³/mol. The molecule has 0 radical (unpaired) electrons. The van der Waals surface area contributed by atoms with E-state index in [0.29, 0.717) is 44.2 Å². The van der Waals surface area contributed by atoms with Crippen LogP contribution in [0.25, 0.3) is 11.0 Å². The number of aromatic nitrogens is 4. The van der Waals surface area contributed by atoms with E-state index in [1.807, 2.05) is 0 Å². The highest BCUT2D eigenvalue weighted by Crippen LogP contribution is 2.33. The molecule has 1 saturated carbocycles. The monoisotopic (exact) mass is 419 g/mol. The molecule has 1 fully saturated rings. The van der Waals surface area contributed by atoms with Gasteiger partial charge in [0.05, 0.1) is 28.0 Å². The maximum absolute atomic E-state index is 9.66. The Balaban J connectivity index is 1.61. The van der Waals surface area contributed by atoms with Crippen LogP contribution in [0.3, 0.4) is 0 Å². The van der Waals surface area contributed by atoms with E-state index in [1.54, 1.807) is 18.3 Å². The molecule has 0 aliphatic heterocycles. The third kappa shape index (κ3) is 4.04. The summed E-state index contributed by atoms with van der Waals surface area (Å²) in [5, 5.41) is 16.9. The maximum atomic E-state index is 9.66. The van der Waals surface area contributed by atoms with Gasteiger partial charge >= 0.3 is 0 Å². The molecule has 4 rings (SSSR count). The van der Waals surface area contributed by atoms with Gasteiger partial charge in [-0.2, -0.15) is 0 Å². The summed E-state index contributed by atoms with van der Waals surface area (Å²) in [6.45, 7) is 0. The van der Waals surface area contributed by atoms with Crippen molar-refractivity contribution in [3.05, 3.63) is 34.7 Å². The minimum absolute atomic E-state index is 0.210. The second-order valence-electron chi connectivity index (χ2n) is 6.78. The summed E-state index contributed by atoms with van der Waals surface area (Å²) >= 11 is 12.2. The van der Waals surface area contributed by atoms with Crippen LogP contribution >= 0.6 is 23.2 Å². The van der Waals surface area contributed by atoms with E-state index in [-0.39, 0.29) is 12.1 Å². The van der Waals surface area contributed by atoms with Crippen molar-refractivity contribution in [1.29, 1.82) is 0 Å². The molecule has 1 aliphatic carbocycles. The minimum Gasteiger partial charge on any atom is -0.396 e. The number of nitrogens with one attached hydrogen (secondary N) is 2. The summed E-state index contributed by atoms with van der Waals surface area (Å²) in [7, 11) is 0. The van der Waals surface area contributed by atoms with Gasteiger partial charge in [-0.25, -0.2) is 19.9 Å². The molecule has 2 aromatic heterocycles. The minimum atomic E-state index is -0.210. The zero-order valence-corrected chi connectivity index (χ0v) is 16.4. The van der Waals surface area contributed by atoms with Crippen LogP contribution in [0.5, 0.6) is 0 Å². The SMILES string of the molecule is Nc1c(Cl)cc(Nc2ncnc3cnc(N[C@H]4CC[C@H](O)CC4)nc23)cc1Cl. The molecule has 0 unspecified atom stereocenters. The molecule has 0 bridgehead atoms. The fourth-order valence-corrected chi connectivity index (χ4v) is 3.70. The molecule has 8 nitrogen and oxygen atoms in total. The van der Waals surface area contributed by atoms with Crippen molar-refractivity contribution in [2.75, 3.05) is 16.4 Å². The number of nitrogen functional groups attached to an aromatic ring is 1. The molecule has 1 aromatic carbocycles. The van der Waals surface area contributed by atoms with Crippen LogP contribution in [0.15, 0.2) is 24.7 Å². The van der Waals surface area contributed by atoms with Crippen LogP contribution in [0.2, 0.25) is 10.0 Å². The topological polar surface area (TPSA) is 122 Å². The molecule has 146 valence electrons. The molecule has 1 aliphatic rings. The van der Waals surface area contributed by atoms with Crippen molar-refractivity contribution < 1.29 is 5.11 Å². The summed E-state index contributed by atoms with van der Waals surface area (Å²) in [6, 6.07) is 3.58. The van der Waals surface area contributed by atoms with E-state index in [9.17, 15) is 5.11 Å². The van der Waals surface area contributed by atoms with Gasteiger partial charge in [0, 0.05) is 11.7 Å². The fourth-order valence-electron chi connectivity index (χ4n) is 3.21. The molecule has 0 atom stereocenters. The Morgan fingerprint density at radius 1 is 1.04 bits per heavy atom. The Labute approximate surface area is 171 Å². The van der Waals surface area contributed by atoms with Crippen LogP contribution in [0.1, 0.15) is 25.7 Å². The second kappa shape index (κ2) is 7.90. The Bertz CT molecular complexity index is 985. The lowest BCUT2D eigenvalue weighted by Gasteiger charge is -2.26. The average Bonchev–Trinajstić information content (AvgIpc) is 2.68. The second-order valence-corrected chi connectivity index (χ2v) is 7.59. The first-order valence-electron chi connectivity index (χ1n) is 8.93. The quantitative estimate of drug-likeness (QED) is 0.471. The molecule has 0 spiro atoms. The number of rotatable bonds is 4. The van der Waals surface area contributed by atoms with Gasteiger partial charge in [0.25, 0.3) is 0 Å². The van der Waals surface area contributed by atoms with E-state index >= 15 is 0 Å². The highest BCUT2D eigenvalue weighted by atomic mass is 35.5. The normalized spacial score (nSPS) is 19.5. The van der Waals surface area contributed by atoms with E-state index in [4.69, 9.17) is 28.9 Å². The van der Waals surface area contributed by atoms with Gasteiger partial charge in [-0.3, -0.25) is 0 Å². The van der Waals surface area contributed by atoms with Crippen molar-refractivity contribution in [3.8, 4) is 0 Å². The standard InChI is InChI=1S/C18H19Cl2N7O/c19-12-5-10(6-13(20)15(12)21)25-17-16-14(23-8-24-17)7-22-18(27-16)26-9-1-3-11(28)4-2-9/h5-9,11,28H,1-4,21H2,(H,22,26,27)(H,23,24,25)/t9-,11-. The zero-order chi connectivity index (χ0) is 19.7. The van der Waals surface area contributed by atoms with Gasteiger partial charge in [0.15, 0.2) is 5.82 Å². The molecule has 2 heterocycles. The number of hydrogen-bond donors (Lipinski definition) is 4. The Kier molecular flexibility index (Phi) is 5.34. The van der Waals surface area contributed by atoms with E-state index in [2.05, 4.69) is 30.6 Å². The van der Waals surface area contributed by atoms with Crippen LogP contribution < -0.4 is 16.4 Å². The summed E-state index contributed by atoms with van der Waals surface area (Å²) in [6.07, 6.45) is 6.18. The van der Waals surface area contributed by atoms with Crippen molar-refractivity contribution >= 4 is 57.4 Å². The lowest BCUT2D eigenvalue weighted by molar-refractivity contribution is 0.126.